The van der Waals surface area contributed by atoms with Crippen LogP contribution in [0.1, 0.15) is 24.8 Å². The molecule has 1 aliphatic rings. The largest absolute Gasteiger partial charge is 0.396 e. The third-order valence-electron chi connectivity index (χ3n) is 3.67. The average Bonchev–Trinajstić information content (AvgIpc) is 2.83. The van der Waals surface area contributed by atoms with E-state index in [-0.39, 0.29) is 18.6 Å². The third-order valence-corrected chi connectivity index (χ3v) is 3.67. The molecule has 1 saturated carbocycles. The number of hydrogen-bond donors (Lipinski definition) is 2. The minimum Gasteiger partial charge on any atom is -0.396 e. The quantitative estimate of drug-likeness (QED) is 0.632. The molecular weight excluding hydrogens is 251 g/mol. The van der Waals surface area contributed by atoms with Gasteiger partial charge in [-0.1, -0.05) is 12.5 Å². The molecule has 2 rings (SSSR count). The summed E-state index contributed by atoms with van der Waals surface area (Å²) in [6.07, 6.45) is 3.08. The van der Waals surface area contributed by atoms with Crippen molar-refractivity contribution in [3.63, 3.8) is 0 Å². The van der Waals surface area contributed by atoms with Gasteiger partial charge in [0.05, 0.1) is 4.92 Å². The molecule has 2 N–H and O–H groups in total. The Labute approximate surface area is 110 Å². The van der Waals surface area contributed by atoms with Gasteiger partial charge in [-0.2, -0.15) is 4.39 Å². The molecule has 19 heavy (non-hydrogen) atoms. The fraction of sp³-hybridized carbons (Fsp3) is 0.538. The van der Waals surface area contributed by atoms with Gasteiger partial charge in [-0.15, -0.1) is 0 Å². The van der Waals surface area contributed by atoms with Crippen molar-refractivity contribution in [2.45, 2.75) is 31.8 Å². The van der Waals surface area contributed by atoms with Crippen LogP contribution in [0.3, 0.4) is 0 Å². The predicted molar refractivity (Wildman–Crippen MR) is 68.1 cm³/mol. The summed E-state index contributed by atoms with van der Waals surface area (Å²) < 4.78 is 13.4. The summed E-state index contributed by atoms with van der Waals surface area (Å²) in [4.78, 5) is 9.77. The van der Waals surface area contributed by atoms with E-state index in [1.807, 2.05) is 0 Å². The van der Waals surface area contributed by atoms with Crippen LogP contribution in [0.5, 0.6) is 0 Å². The van der Waals surface area contributed by atoms with E-state index in [1.54, 1.807) is 6.07 Å². The normalized spacial score (nSPS) is 22.6. The number of nitrogens with zero attached hydrogens (tertiary/aromatic N) is 1. The number of hydrogen-bond acceptors (Lipinski definition) is 4. The van der Waals surface area contributed by atoms with Crippen molar-refractivity contribution in [1.29, 1.82) is 0 Å². The lowest BCUT2D eigenvalue weighted by molar-refractivity contribution is -0.387. The van der Waals surface area contributed by atoms with Crippen LogP contribution in [0, 0.1) is 21.8 Å². The number of nitrogens with one attached hydrogen (secondary N) is 1. The maximum atomic E-state index is 13.4. The van der Waals surface area contributed by atoms with Crippen LogP contribution in [0.2, 0.25) is 0 Å². The van der Waals surface area contributed by atoms with E-state index < -0.39 is 16.4 Å². The van der Waals surface area contributed by atoms with Gasteiger partial charge >= 0.3 is 5.69 Å². The van der Waals surface area contributed by atoms with Crippen LogP contribution < -0.4 is 5.32 Å². The van der Waals surface area contributed by atoms with Crippen molar-refractivity contribution in [3.8, 4) is 0 Å². The summed E-state index contributed by atoms with van der Waals surface area (Å²) in [5, 5.41) is 23.0. The first-order valence-electron chi connectivity index (χ1n) is 6.39. The Morgan fingerprint density at radius 2 is 2.26 bits per heavy atom. The molecule has 0 amide bonds. The molecule has 1 aliphatic carbocycles. The van der Waals surface area contributed by atoms with Crippen molar-refractivity contribution < 1.29 is 14.4 Å². The molecule has 1 fully saturated rings. The number of benzene rings is 1. The van der Waals surface area contributed by atoms with Crippen molar-refractivity contribution in [2.24, 2.45) is 5.92 Å². The number of aliphatic hydroxyl groups is 1. The topological polar surface area (TPSA) is 75.4 Å². The van der Waals surface area contributed by atoms with Crippen molar-refractivity contribution in [3.05, 3.63) is 39.7 Å². The summed E-state index contributed by atoms with van der Waals surface area (Å²) in [5.41, 5.74) is 0.171. The van der Waals surface area contributed by atoms with Gasteiger partial charge in [0.15, 0.2) is 0 Å². The van der Waals surface area contributed by atoms with Crippen LogP contribution in [-0.4, -0.2) is 22.7 Å². The van der Waals surface area contributed by atoms with Crippen LogP contribution in [0.25, 0.3) is 0 Å². The van der Waals surface area contributed by atoms with E-state index in [1.165, 1.54) is 12.1 Å². The molecule has 0 saturated heterocycles. The molecule has 1 aromatic carbocycles. The number of aliphatic hydroxyl groups excluding tert-OH is 1. The summed E-state index contributed by atoms with van der Waals surface area (Å²) in [7, 11) is 0. The van der Waals surface area contributed by atoms with Crippen LogP contribution in [0.15, 0.2) is 18.2 Å². The Morgan fingerprint density at radius 3 is 2.89 bits per heavy atom. The number of nitro groups is 1. The molecule has 0 aliphatic heterocycles. The second-order valence-electron chi connectivity index (χ2n) is 4.90. The Kier molecular flexibility index (Phi) is 4.44. The van der Waals surface area contributed by atoms with Gasteiger partial charge < -0.3 is 10.4 Å². The van der Waals surface area contributed by atoms with E-state index in [0.29, 0.717) is 12.1 Å². The zero-order valence-electron chi connectivity index (χ0n) is 10.5. The number of nitro benzene ring substituents is 1. The van der Waals surface area contributed by atoms with Crippen molar-refractivity contribution in [2.75, 3.05) is 6.61 Å². The highest BCUT2D eigenvalue weighted by molar-refractivity contribution is 5.34. The second kappa shape index (κ2) is 6.08. The molecule has 6 heteroatoms. The Hall–Kier alpha value is -1.53. The van der Waals surface area contributed by atoms with E-state index in [4.69, 9.17) is 0 Å². The van der Waals surface area contributed by atoms with Gasteiger partial charge in [0, 0.05) is 25.3 Å². The average molecular weight is 268 g/mol. The Bertz CT molecular complexity index is 467. The number of halogens is 1. The predicted octanol–water partition coefficient (Wildman–Crippen LogP) is 1.98. The summed E-state index contributed by atoms with van der Waals surface area (Å²) in [6.45, 7) is 0.613. The first-order chi connectivity index (χ1) is 9.11. The molecule has 0 bridgehead atoms. The lowest BCUT2D eigenvalue weighted by Crippen LogP contribution is -2.33. The minimum absolute atomic E-state index is 0.159. The van der Waals surface area contributed by atoms with Crippen molar-refractivity contribution in [1.82, 2.24) is 5.32 Å². The highest BCUT2D eigenvalue weighted by Gasteiger charge is 2.26. The fourth-order valence-corrected chi connectivity index (χ4v) is 2.58. The van der Waals surface area contributed by atoms with E-state index in [9.17, 15) is 19.6 Å². The van der Waals surface area contributed by atoms with Gasteiger partial charge in [0.25, 0.3) is 0 Å². The summed E-state index contributed by atoms with van der Waals surface area (Å²) in [6, 6.07) is 4.17. The monoisotopic (exact) mass is 268 g/mol. The fourth-order valence-electron chi connectivity index (χ4n) is 2.58. The first kappa shape index (κ1) is 13.9. The van der Waals surface area contributed by atoms with Crippen LogP contribution >= 0.6 is 0 Å². The van der Waals surface area contributed by atoms with Gasteiger partial charge in [-0.25, -0.2) is 0 Å². The molecule has 0 aromatic heterocycles. The minimum atomic E-state index is -0.811. The molecule has 2 atom stereocenters. The molecule has 104 valence electrons. The van der Waals surface area contributed by atoms with Gasteiger partial charge in [0.1, 0.15) is 0 Å². The molecule has 5 nitrogen and oxygen atoms in total. The molecule has 0 radical (unpaired) electrons. The van der Waals surface area contributed by atoms with Crippen molar-refractivity contribution >= 4 is 5.69 Å². The molecule has 1 aromatic rings. The molecule has 2 unspecified atom stereocenters. The number of rotatable bonds is 5. The molecule has 0 spiro atoms. The molecular formula is C13H17FN2O3. The van der Waals surface area contributed by atoms with E-state index in [2.05, 4.69) is 5.32 Å². The zero-order valence-corrected chi connectivity index (χ0v) is 10.5. The summed E-state index contributed by atoms with van der Waals surface area (Å²) in [5.74, 6) is -0.558. The Balaban J connectivity index is 1.96. The zero-order chi connectivity index (χ0) is 13.8. The Morgan fingerprint density at radius 1 is 1.47 bits per heavy atom. The highest BCUT2D eigenvalue weighted by atomic mass is 19.1. The second-order valence-corrected chi connectivity index (χ2v) is 4.90. The highest BCUT2D eigenvalue weighted by Crippen LogP contribution is 2.25. The van der Waals surface area contributed by atoms with Gasteiger partial charge in [-0.05, 0) is 30.4 Å². The van der Waals surface area contributed by atoms with Gasteiger partial charge in [-0.3, -0.25) is 10.1 Å². The summed E-state index contributed by atoms with van der Waals surface area (Å²) >= 11 is 0. The van der Waals surface area contributed by atoms with Crippen LogP contribution in [0.4, 0.5) is 10.1 Å². The van der Waals surface area contributed by atoms with E-state index >= 15 is 0 Å². The third kappa shape index (κ3) is 3.27. The SMILES string of the molecule is O=[N+]([O-])c1ccc(CNC2CCCC2CO)cc1F. The lowest BCUT2D eigenvalue weighted by Gasteiger charge is -2.19. The smallest absolute Gasteiger partial charge is 0.304 e. The first-order valence-corrected chi connectivity index (χ1v) is 6.39. The molecule has 0 heterocycles. The maximum Gasteiger partial charge on any atom is 0.304 e. The maximum absolute atomic E-state index is 13.4. The van der Waals surface area contributed by atoms with Crippen LogP contribution in [-0.2, 0) is 6.54 Å². The standard InChI is InChI=1S/C13H17FN2O3/c14-11-6-9(4-5-13(11)16(18)19)7-15-12-3-1-2-10(12)8-17/h4-6,10,12,15,17H,1-3,7-8H2. The van der Waals surface area contributed by atoms with E-state index in [0.717, 1.165) is 19.3 Å². The lowest BCUT2D eigenvalue weighted by atomic mass is 10.0. The van der Waals surface area contributed by atoms with Gasteiger partial charge in [0.2, 0.25) is 5.82 Å².